The lowest BCUT2D eigenvalue weighted by Crippen LogP contribution is -2.18. The van der Waals surface area contributed by atoms with Gasteiger partial charge in [0.1, 0.15) is 0 Å². The van der Waals surface area contributed by atoms with Crippen LogP contribution >= 0.6 is 0 Å². The van der Waals surface area contributed by atoms with Gasteiger partial charge in [0, 0.05) is 0 Å². The molecule has 3 heteroatoms. The minimum atomic E-state index is -0.336. The van der Waals surface area contributed by atoms with Gasteiger partial charge in [0.15, 0.2) is 0 Å². The molecule has 0 spiro atoms. The van der Waals surface area contributed by atoms with Gasteiger partial charge in [-0.1, -0.05) is 38.5 Å². The van der Waals surface area contributed by atoms with E-state index >= 15 is 0 Å². The molecular formula is C16H22O3. The SMILES string of the molecule is O=C1OC(=O)C(C2CCCCC2)=C1C1CCCCC1. The highest BCUT2D eigenvalue weighted by molar-refractivity contribution is 6.12. The van der Waals surface area contributed by atoms with E-state index in [1.807, 2.05) is 0 Å². The Kier molecular flexibility index (Phi) is 3.72. The zero-order chi connectivity index (χ0) is 13.2. The van der Waals surface area contributed by atoms with Crippen molar-refractivity contribution >= 4 is 11.9 Å². The first-order chi connectivity index (χ1) is 9.27. The molecule has 0 aromatic carbocycles. The van der Waals surface area contributed by atoms with Crippen molar-refractivity contribution in [2.75, 3.05) is 0 Å². The summed E-state index contributed by atoms with van der Waals surface area (Å²) in [5, 5.41) is 0. The highest BCUT2D eigenvalue weighted by atomic mass is 16.6. The van der Waals surface area contributed by atoms with E-state index in [1.54, 1.807) is 0 Å². The van der Waals surface area contributed by atoms with Crippen LogP contribution in [0, 0.1) is 11.8 Å². The van der Waals surface area contributed by atoms with Crippen LogP contribution in [0.15, 0.2) is 11.1 Å². The second kappa shape index (κ2) is 5.48. The molecule has 0 radical (unpaired) electrons. The Morgan fingerprint density at radius 2 is 1.00 bits per heavy atom. The van der Waals surface area contributed by atoms with Gasteiger partial charge < -0.3 is 4.74 Å². The molecule has 19 heavy (non-hydrogen) atoms. The number of carbonyl (C=O) groups is 2. The van der Waals surface area contributed by atoms with E-state index in [2.05, 4.69) is 0 Å². The Morgan fingerprint density at radius 3 is 1.37 bits per heavy atom. The molecule has 3 aliphatic rings. The predicted molar refractivity (Wildman–Crippen MR) is 71.3 cm³/mol. The Balaban J connectivity index is 1.90. The van der Waals surface area contributed by atoms with E-state index in [4.69, 9.17) is 4.74 Å². The van der Waals surface area contributed by atoms with Crippen LogP contribution < -0.4 is 0 Å². The summed E-state index contributed by atoms with van der Waals surface area (Å²) in [6.45, 7) is 0. The monoisotopic (exact) mass is 262 g/mol. The van der Waals surface area contributed by atoms with E-state index in [0.29, 0.717) is 0 Å². The van der Waals surface area contributed by atoms with Crippen molar-refractivity contribution in [1.29, 1.82) is 0 Å². The van der Waals surface area contributed by atoms with Crippen LogP contribution in [0.3, 0.4) is 0 Å². The van der Waals surface area contributed by atoms with Gasteiger partial charge >= 0.3 is 11.9 Å². The Labute approximate surface area is 114 Å². The van der Waals surface area contributed by atoms with Crippen LogP contribution in [0.25, 0.3) is 0 Å². The van der Waals surface area contributed by atoms with Crippen LogP contribution in [-0.2, 0) is 14.3 Å². The number of rotatable bonds is 2. The summed E-state index contributed by atoms with van der Waals surface area (Å²) in [6.07, 6.45) is 11.4. The zero-order valence-electron chi connectivity index (χ0n) is 11.5. The first kappa shape index (κ1) is 12.9. The minimum Gasteiger partial charge on any atom is -0.386 e. The van der Waals surface area contributed by atoms with E-state index in [9.17, 15) is 9.59 Å². The molecule has 3 rings (SSSR count). The van der Waals surface area contributed by atoms with Crippen LogP contribution in [0.4, 0.5) is 0 Å². The first-order valence-electron chi connectivity index (χ1n) is 7.78. The van der Waals surface area contributed by atoms with E-state index in [-0.39, 0.29) is 23.8 Å². The van der Waals surface area contributed by atoms with Gasteiger partial charge in [0.25, 0.3) is 0 Å². The molecule has 0 saturated heterocycles. The minimum absolute atomic E-state index is 0.282. The lowest BCUT2D eigenvalue weighted by Gasteiger charge is -2.25. The third kappa shape index (κ3) is 2.47. The first-order valence-corrected chi connectivity index (χ1v) is 7.78. The van der Waals surface area contributed by atoms with Gasteiger partial charge in [-0.05, 0) is 37.5 Å². The Bertz CT molecular complexity index is 372. The predicted octanol–water partition coefficient (Wildman–Crippen LogP) is 3.53. The second-order valence-corrected chi connectivity index (χ2v) is 6.17. The fraction of sp³-hybridized carbons (Fsp3) is 0.750. The van der Waals surface area contributed by atoms with Crippen molar-refractivity contribution in [3.05, 3.63) is 11.1 Å². The maximum absolute atomic E-state index is 12.0. The van der Waals surface area contributed by atoms with E-state index < -0.39 is 0 Å². The molecule has 0 atom stereocenters. The van der Waals surface area contributed by atoms with Gasteiger partial charge in [-0.2, -0.15) is 0 Å². The molecule has 0 amide bonds. The molecule has 3 nitrogen and oxygen atoms in total. The average molecular weight is 262 g/mol. The molecule has 2 saturated carbocycles. The number of esters is 2. The van der Waals surface area contributed by atoms with E-state index in [0.717, 1.165) is 36.8 Å². The molecular weight excluding hydrogens is 240 g/mol. The van der Waals surface area contributed by atoms with Crippen LogP contribution in [-0.4, -0.2) is 11.9 Å². The Hall–Kier alpha value is -1.12. The van der Waals surface area contributed by atoms with Gasteiger partial charge in [-0.25, -0.2) is 9.59 Å². The topological polar surface area (TPSA) is 43.4 Å². The summed E-state index contributed by atoms with van der Waals surface area (Å²) in [5.41, 5.74) is 1.52. The average Bonchev–Trinajstić information content (AvgIpc) is 2.75. The molecule has 0 aromatic rings. The standard InChI is InChI=1S/C16H22O3/c17-15-13(11-7-3-1-4-8-11)14(16(18)19-15)12-9-5-2-6-10-12/h11-12H,1-10H2. The van der Waals surface area contributed by atoms with Crippen molar-refractivity contribution in [1.82, 2.24) is 0 Å². The van der Waals surface area contributed by atoms with Crippen molar-refractivity contribution < 1.29 is 14.3 Å². The van der Waals surface area contributed by atoms with Crippen LogP contribution in [0.5, 0.6) is 0 Å². The number of hydrogen-bond acceptors (Lipinski definition) is 3. The molecule has 1 heterocycles. The molecule has 104 valence electrons. The molecule has 0 aromatic heterocycles. The fourth-order valence-corrected chi connectivity index (χ4v) is 3.97. The third-order valence-corrected chi connectivity index (χ3v) is 4.94. The molecule has 0 bridgehead atoms. The summed E-state index contributed by atoms with van der Waals surface area (Å²) in [4.78, 5) is 24.1. The highest BCUT2D eigenvalue weighted by Gasteiger charge is 2.41. The smallest absolute Gasteiger partial charge is 0.342 e. The zero-order valence-corrected chi connectivity index (χ0v) is 11.5. The maximum atomic E-state index is 12.0. The summed E-state index contributed by atoms with van der Waals surface area (Å²) in [7, 11) is 0. The van der Waals surface area contributed by atoms with Gasteiger partial charge in [0.05, 0.1) is 11.1 Å². The molecule has 1 aliphatic heterocycles. The highest BCUT2D eigenvalue weighted by Crippen LogP contribution is 2.41. The number of ether oxygens (including phenoxy) is 1. The van der Waals surface area contributed by atoms with E-state index in [1.165, 1.54) is 38.5 Å². The largest absolute Gasteiger partial charge is 0.386 e. The normalized spacial score (nSPS) is 26.9. The molecule has 0 N–H and O–H groups in total. The van der Waals surface area contributed by atoms with Crippen molar-refractivity contribution in [2.24, 2.45) is 11.8 Å². The molecule has 2 aliphatic carbocycles. The van der Waals surface area contributed by atoms with Gasteiger partial charge in [-0.15, -0.1) is 0 Å². The van der Waals surface area contributed by atoms with Crippen LogP contribution in [0.1, 0.15) is 64.2 Å². The quantitative estimate of drug-likeness (QED) is 0.565. The van der Waals surface area contributed by atoms with Gasteiger partial charge in [-0.3, -0.25) is 0 Å². The van der Waals surface area contributed by atoms with Crippen molar-refractivity contribution in [2.45, 2.75) is 64.2 Å². The summed E-state index contributed by atoms with van der Waals surface area (Å²) in [6, 6.07) is 0. The Morgan fingerprint density at radius 1 is 0.632 bits per heavy atom. The molecule has 0 unspecified atom stereocenters. The van der Waals surface area contributed by atoms with Crippen LogP contribution in [0.2, 0.25) is 0 Å². The summed E-state index contributed by atoms with van der Waals surface area (Å²) >= 11 is 0. The van der Waals surface area contributed by atoms with Gasteiger partial charge in [0.2, 0.25) is 0 Å². The number of carbonyl (C=O) groups excluding carboxylic acids is 2. The number of hydrogen-bond donors (Lipinski definition) is 0. The lowest BCUT2D eigenvalue weighted by molar-refractivity contribution is -0.151. The number of cyclic esters (lactones) is 2. The summed E-state index contributed by atoms with van der Waals surface area (Å²) in [5.74, 6) is -0.107. The third-order valence-electron chi connectivity index (χ3n) is 4.94. The maximum Gasteiger partial charge on any atom is 0.342 e. The molecule has 2 fully saturated rings. The summed E-state index contributed by atoms with van der Waals surface area (Å²) < 4.78 is 4.94. The van der Waals surface area contributed by atoms with Crippen molar-refractivity contribution in [3.63, 3.8) is 0 Å². The lowest BCUT2D eigenvalue weighted by atomic mass is 9.76. The second-order valence-electron chi connectivity index (χ2n) is 6.17. The fourth-order valence-electron chi connectivity index (χ4n) is 3.97. The van der Waals surface area contributed by atoms with Crippen molar-refractivity contribution in [3.8, 4) is 0 Å².